The van der Waals surface area contributed by atoms with E-state index in [4.69, 9.17) is 0 Å². The molecule has 0 aromatic heterocycles. The summed E-state index contributed by atoms with van der Waals surface area (Å²) in [5, 5.41) is 0. The molecule has 4 rings (SSSR count). The minimum absolute atomic E-state index is 0. The van der Waals surface area contributed by atoms with Crippen molar-refractivity contribution >= 4 is 12.2 Å². The van der Waals surface area contributed by atoms with Crippen molar-refractivity contribution in [1.29, 1.82) is 0 Å². The van der Waals surface area contributed by atoms with Gasteiger partial charge in [-0.15, -0.1) is 11.6 Å². The fourth-order valence-corrected chi connectivity index (χ4v) is 3.94. The van der Waals surface area contributed by atoms with E-state index in [2.05, 4.69) is 94.5 Å². The van der Waals surface area contributed by atoms with Gasteiger partial charge in [0, 0.05) is 25.8 Å². The van der Waals surface area contributed by atoms with E-state index in [1.807, 2.05) is 0 Å². The standard InChI is InChI=1S/C22H21.C3H6.2ClH.Hf/c1-15(2)13-18-14-17-8-4-6-10-20(17)22(18)21-12-11-16-7-3-5-9-19(16)21;1-3-2;;;/h3-11,14-15,21-22H,13H2,1-2H3;1-3H2;2*1H;/q-1;-2;;;/p-2. The van der Waals surface area contributed by atoms with E-state index in [1.54, 1.807) is 5.57 Å². The summed E-state index contributed by atoms with van der Waals surface area (Å²) in [6, 6.07) is 17.6. The van der Waals surface area contributed by atoms with Crippen molar-refractivity contribution in [2.75, 3.05) is 0 Å². The van der Waals surface area contributed by atoms with Crippen LogP contribution in [0.1, 0.15) is 60.8 Å². The molecular formula is C25H27Cl2Hf-5. The van der Waals surface area contributed by atoms with Gasteiger partial charge in [-0.25, -0.2) is 6.08 Å². The minimum atomic E-state index is 0. The molecule has 0 bridgehead atoms. The molecule has 28 heavy (non-hydrogen) atoms. The molecule has 2 aliphatic rings. The molecule has 2 aliphatic carbocycles. The first-order chi connectivity index (χ1) is 12.2. The van der Waals surface area contributed by atoms with Gasteiger partial charge in [0.15, 0.2) is 0 Å². The molecule has 2 aromatic carbocycles. The fraction of sp³-hybridized carbons (Fsp3) is 0.280. The van der Waals surface area contributed by atoms with Crippen LogP contribution in [-0.2, 0) is 25.8 Å². The Balaban J connectivity index is 0.00000115. The molecule has 0 heterocycles. The van der Waals surface area contributed by atoms with Gasteiger partial charge in [0.05, 0.1) is 0 Å². The summed E-state index contributed by atoms with van der Waals surface area (Å²) >= 11 is 0. The molecule has 0 spiro atoms. The summed E-state index contributed by atoms with van der Waals surface area (Å²) in [4.78, 5) is 0. The molecule has 150 valence electrons. The molecule has 0 nitrogen and oxygen atoms in total. The number of hydrogen-bond donors (Lipinski definition) is 0. The van der Waals surface area contributed by atoms with E-state index in [0.29, 0.717) is 17.8 Å². The molecule has 0 saturated heterocycles. The van der Waals surface area contributed by atoms with Crippen molar-refractivity contribution in [3.63, 3.8) is 0 Å². The zero-order chi connectivity index (χ0) is 17.8. The molecule has 0 N–H and O–H groups in total. The van der Waals surface area contributed by atoms with Gasteiger partial charge in [-0.05, 0) is 29.4 Å². The SMILES string of the molecule is CC(C)CC1=Cc2ccccc2C1C1[C-]=Cc2ccccc21.[CH2-]C[CH2-].[Cl-].[Cl-].[Hf]. The Morgan fingerprint density at radius 1 is 0.893 bits per heavy atom. The number of benzene rings is 2. The average molecular weight is 577 g/mol. The Morgan fingerprint density at radius 3 is 2.04 bits per heavy atom. The summed E-state index contributed by atoms with van der Waals surface area (Å²) < 4.78 is 0. The number of halogens is 2. The third kappa shape index (κ3) is 5.94. The Bertz CT molecular complexity index is 793. The van der Waals surface area contributed by atoms with Gasteiger partial charge in [-0.2, -0.15) is 5.56 Å². The van der Waals surface area contributed by atoms with Gasteiger partial charge in [0.25, 0.3) is 0 Å². The summed E-state index contributed by atoms with van der Waals surface area (Å²) in [6.45, 7) is 11.4. The third-order valence-corrected chi connectivity index (χ3v) is 4.80. The molecule has 2 atom stereocenters. The quantitative estimate of drug-likeness (QED) is 0.376. The summed E-state index contributed by atoms with van der Waals surface area (Å²) in [7, 11) is 0. The molecule has 0 amide bonds. The predicted octanol–water partition coefficient (Wildman–Crippen LogP) is 0.877. The average Bonchev–Trinajstić information content (AvgIpc) is 3.15. The topological polar surface area (TPSA) is 0 Å². The number of allylic oxidation sites excluding steroid dienone is 2. The maximum Gasteiger partial charge on any atom is 0 e. The van der Waals surface area contributed by atoms with Crippen LogP contribution in [0.5, 0.6) is 0 Å². The van der Waals surface area contributed by atoms with Gasteiger partial charge < -0.3 is 45.1 Å². The smallest absolute Gasteiger partial charge is 0 e. The van der Waals surface area contributed by atoms with Crippen molar-refractivity contribution in [3.05, 3.63) is 96.3 Å². The Hall–Kier alpha value is -0.630. The number of fused-ring (bicyclic) bond motifs is 2. The van der Waals surface area contributed by atoms with Gasteiger partial charge in [0.1, 0.15) is 0 Å². The van der Waals surface area contributed by atoms with Crippen LogP contribution in [0.3, 0.4) is 0 Å². The first-order valence-corrected chi connectivity index (χ1v) is 9.21. The van der Waals surface area contributed by atoms with Crippen LogP contribution in [0.2, 0.25) is 0 Å². The predicted molar refractivity (Wildman–Crippen MR) is 109 cm³/mol. The van der Waals surface area contributed by atoms with Crippen molar-refractivity contribution in [2.24, 2.45) is 5.92 Å². The van der Waals surface area contributed by atoms with Crippen molar-refractivity contribution in [2.45, 2.75) is 38.5 Å². The van der Waals surface area contributed by atoms with Crippen LogP contribution in [0.25, 0.3) is 12.2 Å². The van der Waals surface area contributed by atoms with Crippen LogP contribution in [0, 0.1) is 25.8 Å². The first-order valence-electron chi connectivity index (χ1n) is 9.21. The van der Waals surface area contributed by atoms with Gasteiger partial charge in [0.2, 0.25) is 0 Å². The largest absolute Gasteiger partial charge is 1.00 e. The molecule has 0 saturated carbocycles. The van der Waals surface area contributed by atoms with Crippen molar-refractivity contribution in [3.8, 4) is 0 Å². The number of hydrogen-bond acceptors (Lipinski definition) is 0. The Kier molecular flexibility index (Phi) is 12.5. The minimum Gasteiger partial charge on any atom is -1.00 e. The molecule has 3 heteroatoms. The summed E-state index contributed by atoms with van der Waals surface area (Å²) in [6.07, 6.45) is 10.2. The van der Waals surface area contributed by atoms with Crippen LogP contribution in [0.4, 0.5) is 0 Å². The maximum absolute atomic E-state index is 3.64. The molecule has 0 radical (unpaired) electrons. The number of rotatable bonds is 3. The maximum atomic E-state index is 3.64. The molecule has 2 aromatic rings. The van der Waals surface area contributed by atoms with E-state index < -0.39 is 0 Å². The van der Waals surface area contributed by atoms with E-state index >= 15 is 0 Å². The third-order valence-electron chi connectivity index (χ3n) is 4.80. The van der Waals surface area contributed by atoms with E-state index in [-0.39, 0.29) is 50.7 Å². The van der Waals surface area contributed by atoms with E-state index in [1.165, 1.54) is 28.7 Å². The second-order valence-corrected chi connectivity index (χ2v) is 7.19. The van der Waals surface area contributed by atoms with E-state index in [0.717, 1.165) is 6.42 Å². The zero-order valence-electron chi connectivity index (χ0n) is 16.6. The first kappa shape index (κ1) is 27.4. The fourth-order valence-electron chi connectivity index (χ4n) is 3.94. The Labute approximate surface area is 202 Å². The molecular weight excluding hydrogens is 550 g/mol. The van der Waals surface area contributed by atoms with Crippen LogP contribution in [-0.4, -0.2) is 0 Å². The second kappa shape index (κ2) is 12.8. The second-order valence-electron chi connectivity index (χ2n) is 7.19. The zero-order valence-corrected chi connectivity index (χ0v) is 21.7. The normalized spacial score (nSPS) is 17.8. The Morgan fingerprint density at radius 2 is 1.43 bits per heavy atom. The molecule has 2 unspecified atom stereocenters. The van der Waals surface area contributed by atoms with Crippen LogP contribution >= 0.6 is 0 Å². The summed E-state index contributed by atoms with van der Waals surface area (Å²) in [5.74, 6) is 1.51. The van der Waals surface area contributed by atoms with Crippen LogP contribution in [0.15, 0.2) is 54.1 Å². The monoisotopic (exact) mass is 577 g/mol. The summed E-state index contributed by atoms with van der Waals surface area (Å²) in [5.41, 5.74) is 7.20. The van der Waals surface area contributed by atoms with Crippen LogP contribution < -0.4 is 24.8 Å². The molecule has 0 aliphatic heterocycles. The van der Waals surface area contributed by atoms with Gasteiger partial charge >= 0.3 is 0 Å². The van der Waals surface area contributed by atoms with Crippen molar-refractivity contribution in [1.82, 2.24) is 0 Å². The molecule has 0 fully saturated rings. The van der Waals surface area contributed by atoms with Gasteiger partial charge in [-0.1, -0.05) is 73.9 Å². The van der Waals surface area contributed by atoms with E-state index in [9.17, 15) is 0 Å². The van der Waals surface area contributed by atoms with Gasteiger partial charge in [-0.3, -0.25) is 6.08 Å². The van der Waals surface area contributed by atoms with Crippen molar-refractivity contribution < 1.29 is 50.7 Å².